The molecule has 0 radical (unpaired) electrons. The summed E-state index contributed by atoms with van der Waals surface area (Å²) in [4.78, 5) is 12.0. The number of anilines is 1. The highest BCUT2D eigenvalue weighted by molar-refractivity contribution is 5.81. The van der Waals surface area contributed by atoms with Crippen molar-refractivity contribution in [3.63, 3.8) is 0 Å². The van der Waals surface area contributed by atoms with Crippen molar-refractivity contribution in [3.8, 4) is 0 Å². The lowest BCUT2D eigenvalue weighted by Crippen LogP contribution is -2.32. The van der Waals surface area contributed by atoms with E-state index in [-0.39, 0.29) is 18.5 Å². The number of rotatable bonds is 6. The molecule has 0 aliphatic rings. The van der Waals surface area contributed by atoms with Crippen molar-refractivity contribution < 1.29 is 9.21 Å². The summed E-state index contributed by atoms with van der Waals surface area (Å²) in [7, 11) is 0. The maximum absolute atomic E-state index is 12.0. The van der Waals surface area contributed by atoms with Crippen LogP contribution in [0.5, 0.6) is 0 Å². The molecule has 0 saturated carbocycles. The Balaban J connectivity index is 1.90. The Morgan fingerprint density at radius 2 is 1.90 bits per heavy atom. The Hall–Kier alpha value is -2.23. The lowest BCUT2D eigenvalue weighted by atomic mass is 10.0. The second-order valence-electron chi connectivity index (χ2n) is 5.40. The topological polar surface area (TPSA) is 54.3 Å². The third-order valence-electron chi connectivity index (χ3n) is 3.37. The number of carbonyl (C=O) groups is 1. The highest BCUT2D eigenvalue weighted by Crippen LogP contribution is 2.23. The molecular weight excluding hydrogens is 264 g/mol. The molecule has 4 heteroatoms. The Kier molecular flexibility index (Phi) is 5.04. The fourth-order valence-electron chi connectivity index (χ4n) is 2.24. The number of para-hydroxylation sites is 1. The molecule has 0 aliphatic carbocycles. The number of nitrogens with one attached hydrogen (secondary N) is 2. The molecule has 1 aromatic heterocycles. The summed E-state index contributed by atoms with van der Waals surface area (Å²) in [6.07, 6.45) is 1.61. The molecule has 4 nitrogen and oxygen atoms in total. The molecule has 0 saturated heterocycles. The minimum atomic E-state index is -0.130. The van der Waals surface area contributed by atoms with Crippen LogP contribution >= 0.6 is 0 Å². The second kappa shape index (κ2) is 6.97. The van der Waals surface area contributed by atoms with Crippen LogP contribution < -0.4 is 10.6 Å². The molecule has 1 aromatic carbocycles. The molecule has 0 bridgehead atoms. The van der Waals surface area contributed by atoms with Crippen LogP contribution in [0.4, 0.5) is 5.69 Å². The van der Waals surface area contributed by atoms with Crippen LogP contribution in [0.2, 0.25) is 0 Å². The van der Waals surface area contributed by atoms with Gasteiger partial charge in [0.05, 0.1) is 18.8 Å². The zero-order chi connectivity index (χ0) is 15.2. The predicted octanol–water partition coefficient (Wildman–Crippen LogP) is 3.69. The first-order valence-electron chi connectivity index (χ1n) is 7.23. The van der Waals surface area contributed by atoms with E-state index in [0.717, 1.165) is 11.4 Å². The van der Waals surface area contributed by atoms with E-state index in [1.807, 2.05) is 37.3 Å². The maximum Gasteiger partial charge on any atom is 0.239 e. The van der Waals surface area contributed by atoms with E-state index in [2.05, 4.69) is 30.5 Å². The highest BCUT2D eigenvalue weighted by atomic mass is 16.3. The maximum atomic E-state index is 12.0. The molecule has 0 spiro atoms. The molecule has 112 valence electrons. The SMILES string of the molecule is CC(C)c1ccccc1NCC(=O)NC(C)c1ccco1. The molecule has 1 amide bonds. The first-order chi connectivity index (χ1) is 10.1. The first-order valence-corrected chi connectivity index (χ1v) is 7.23. The van der Waals surface area contributed by atoms with Gasteiger partial charge in [-0.1, -0.05) is 32.0 Å². The lowest BCUT2D eigenvalue weighted by Gasteiger charge is -2.16. The second-order valence-corrected chi connectivity index (χ2v) is 5.40. The Bertz CT molecular complexity index is 576. The zero-order valence-electron chi connectivity index (χ0n) is 12.7. The molecular formula is C17H22N2O2. The Morgan fingerprint density at radius 3 is 2.57 bits per heavy atom. The number of amides is 1. The van der Waals surface area contributed by atoms with E-state index in [1.165, 1.54) is 5.56 Å². The third-order valence-corrected chi connectivity index (χ3v) is 3.37. The van der Waals surface area contributed by atoms with Crippen LogP contribution in [0, 0.1) is 0 Å². The molecule has 2 aromatic rings. The summed E-state index contributed by atoms with van der Waals surface area (Å²) in [6.45, 7) is 6.42. The van der Waals surface area contributed by atoms with Crippen LogP contribution in [0.15, 0.2) is 47.1 Å². The predicted molar refractivity (Wildman–Crippen MR) is 84.3 cm³/mol. The van der Waals surface area contributed by atoms with Crippen LogP contribution in [0.1, 0.15) is 44.1 Å². The van der Waals surface area contributed by atoms with Gasteiger partial charge in [-0.2, -0.15) is 0 Å². The quantitative estimate of drug-likeness (QED) is 0.851. The van der Waals surface area contributed by atoms with E-state index in [0.29, 0.717) is 5.92 Å². The summed E-state index contributed by atoms with van der Waals surface area (Å²) in [5.74, 6) is 1.11. The Morgan fingerprint density at radius 1 is 1.14 bits per heavy atom. The third kappa shape index (κ3) is 4.12. The molecule has 2 rings (SSSR count). The number of hydrogen-bond acceptors (Lipinski definition) is 3. The summed E-state index contributed by atoms with van der Waals surface area (Å²) in [5.41, 5.74) is 2.22. The summed E-state index contributed by atoms with van der Waals surface area (Å²) in [6, 6.07) is 11.6. The summed E-state index contributed by atoms with van der Waals surface area (Å²) in [5, 5.41) is 6.11. The van der Waals surface area contributed by atoms with Gasteiger partial charge < -0.3 is 15.1 Å². The van der Waals surface area contributed by atoms with Crippen molar-refractivity contribution in [2.24, 2.45) is 0 Å². The van der Waals surface area contributed by atoms with Crippen molar-refractivity contribution in [1.82, 2.24) is 5.32 Å². The van der Waals surface area contributed by atoms with Crippen molar-refractivity contribution in [2.45, 2.75) is 32.7 Å². The van der Waals surface area contributed by atoms with Gasteiger partial charge in [0, 0.05) is 5.69 Å². The fraction of sp³-hybridized carbons (Fsp3) is 0.353. The average molecular weight is 286 g/mol. The molecule has 0 aliphatic heterocycles. The van der Waals surface area contributed by atoms with Gasteiger partial charge in [0.15, 0.2) is 0 Å². The van der Waals surface area contributed by atoms with Gasteiger partial charge in [-0.3, -0.25) is 4.79 Å². The van der Waals surface area contributed by atoms with Crippen LogP contribution in [-0.2, 0) is 4.79 Å². The van der Waals surface area contributed by atoms with Gasteiger partial charge in [0.1, 0.15) is 5.76 Å². The van der Waals surface area contributed by atoms with Gasteiger partial charge >= 0.3 is 0 Å². The molecule has 1 heterocycles. The highest BCUT2D eigenvalue weighted by Gasteiger charge is 2.12. The van der Waals surface area contributed by atoms with Gasteiger partial charge in [-0.25, -0.2) is 0 Å². The van der Waals surface area contributed by atoms with Crippen molar-refractivity contribution >= 4 is 11.6 Å². The van der Waals surface area contributed by atoms with Crippen LogP contribution in [0.25, 0.3) is 0 Å². The first kappa shape index (κ1) is 15.2. The van der Waals surface area contributed by atoms with E-state index < -0.39 is 0 Å². The number of hydrogen-bond donors (Lipinski definition) is 2. The van der Waals surface area contributed by atoms with Gasteiger partial charge in [0.2, 0.25) is 5.91 Å². The van der Waals surface area contributed by atoms with Crippen LogP contribution in [0.3, 0.4) is 0 Å². The Labute approximate surface area is 125 Å². The van der Waals surface area contributed by atoms with Gasteiger partial charge in [-0.15, -0.1) is 0 Å². The number of furan rings is 1. The molecule has 21 heavy (non-hydrogen) atoms. The average Bonchev–Trinajstić information content (AvgIpc) is 2.99. The van der Waals surface area contributed by atoms with Crippen LogP contribution in [-0.4, -0.2) is 12.5 Å². The minimum Gasteiger partial charge on any atom is -0.467 e. The van der Waals surface area contributed by atoms with E-state index in [1.54, 1.807) is 6.26 Å². The monoisotopic (exact) mass is 286 g/mol. The molecule has 1 unspecified atom stereocenters. The zero-order valence-corrected chi connectivity index (χ0v) is 12.7. The van der Waals surface area contributed by atoms with E-state index in [4.69, 9.17) is 4.42 Å². The van der Waals surface area contributed by atoms with Gasteiger partial charge in [0.25, 0.3) is 0 Å². The summed E-state index contributed by atoms with van der Waals surface area (Å²) < 4.78 is 5.27. The lowest BCUT2D eigenvalue weighted by molar-refractivity contribution is -0.120. The van der Waals surface area contributed by atoms with Crippen molar-refractivity contribution in [2.75, 3.05) is 11.9 Å². The fourth-order valence-corrected chi connectivity index (χ4v) is 2.24. The van der Waals surface area contributed by atoms with E-state index in [9.17, 15) is 4.79 Å². The molecule has 0 fully saturated rings. The van der Waals surface area contributed by atoms with E-state index >= 15 is 0 Å². The smallest absolute Gasteiger partial charge is 0.239 e. The van der Waals surface area contributed by atoms with Crippen molar-refractivity contribution in [1.29, 1.82) is 0 Å². The number of carbonyl (C=O) groups excluding carboxylic acids is 1. The minimum absolute atomic E-state index is 0.0579. The largest absolute Gasteiger partial charge is 0.467 e. The normalized spacial score (nSPS) is 12.2. The van der Waals surface area contributed by atoms with Gasteiger partial charge in [-0.05, 0) is 36.6 Å². The summed E-state index contributed by atoms with van der Waals surface area (Å²) >= 11 is 0. The molecule has 1 atom stereocenters. The standard InChI is InChI=1S/C17H22N2O2/c1-12(2)14-7-4-5-8-15(14)18-11-17(20)19-13(3)16-9-6-10-21-16/h4-10,12-13,18H,11H2,1-3H3,(H,19,20). The molecule has 2 N–H and O–H groups in total. The number of benzene rings is 1. The van der Waals surface area contributed by atoms with Crippen molar-refractivity contribution in [3.05, 3.63) is 54.0 Å².